The van der Waals surface area contributed by atoms with Crippen molar-refractivity contribution in [2.24, 2.45) is 0 Å². The maximum Gasteiger partial charge on any atom is 0.264 e. The van der Waals surface area contributed by atoms with Gasteiger partial charge in [0.15, 0.2) is 0 Å². The summed E-state index contributed by atoms with van der Waals surface area (Å²) in [7, 11) is -3.84. The van der Waals surface area contributed by atoms with Crippen molar-refractivity contribution in [2.45, 2.75) is 12.8 Å². The van der Waals surface area contributed by atoms with Crippen molar-refractivity contribution in [3.63, 3.8) is 0 Å². The molecular formula is C11H14BrNO3S. The van der Waals surface area contributed by atoms with Crippen molar-refractivity contribution < 1.29 is 13.0 Å². The lowest BCUT2D eigenvalue weighted by atomic mass is 10.2. The Morgan fingerprint density at radius 3 is 2.88 bits per heavy atom. The third-order valence-corrected chi connectivity index (χ3v) is 4.17. The van der Waals surface area contributed by atoms with E-state index in [1.54, 1.807) is 0 Å². The third kappa shape index (κ3) is 3.43. The van der Waals surface area contributed by atoms with Gasteiger partial charge in [-0.05, 0) is 30.5 Å². The van der Waals surface area contributed by atoms with Crippen LogP contribution >= 0.6 is 15.9 Å². The molecule has 0 aromatic heterocycles. The zero-order chi connectivity index (χ0) is 12.5. The summed E-state index contributed by atoms with van der Waals surface area (Å²) in [5.41, 5.74) is 2.45. The van der Waals surface area contributed by atoms with Gasteiger partial charge in [-0.3, -0.25) is 4.55 Å². The number of hydrogen-bond donors (Lipinski definition) is 1. The van der Waals surface area contributed by atoms with Crippen molar-refractivity contribution in [3.05, 3.63) is 28.2 Å². The maximum absolute atomic E-state index is 10.6. The highest BCUT2D eigenvalue weighted by Crippen LogP contribution is 2.30. The van der Waals surface area contributed by atoms with Crippen molar-refractivity contribution >= 4 is 31.7 Å². The van der Waals surface area contributed by atoms with Gasteiger partial charge in [0, 0.05) is 23.2 Å². The molecule has 0 fully saturated rings. The molecule has 1 aromatic rings. The lowest BCUT2D eigenvalue weighted by Gasteiger charge is -2.19. The molecule has 17 heavy (non-hydrogen) atoms. The van der Waals surface area contributed by atoms with Crippen LogP contribution in [0, 0.1) is 0 Å². The predicted molar refractivity (Wildman–Crippen MR) is 71.1 cm³/mol. The number of rotatable bonds is 4. The molecule has 0 spiro atoms. The van der Waals surface area contributed by atoms with Crippen LogP contribution in [0.2, 0.25) is 0 Å². The molecule has 4 nitrogen and oxygen atoms in total. The largest absolute Gasteiger partial charge is 0.371 e. The average Bonchev–Trinajstić information content (AvgIpc) is 2.59. The van der Waals surface area contributed by atoms with Crippen LogP contribution in [0.15, 0.2) is 22.7 Å². The van der Waals surface area contributed by atoms with Gasteiger partial charge in [0.25, 0.3) is 10.1 Å². The van der Waals surface area contributed by atoms with E-state index in [-0.39, 0.29) is 5.75 Å². The first kappa shape index (κ1) is 12.9. The van der Waals surface area contributed by atoms with Gasteiger partial charge in [0.05, 0.1) is 5.75 Å². The molecule has 1 aliphatic rings. The molecule has 0 atom stereocenters. The van der Waals surface area contributed by atoms with Crippen molar-refractivity contribution in [2.75, 3.05) is 23.7 Å². The highest BCUT2D eigenvalue weighted by molar-refractivity contribution is 9.10. The highest BCUT2D eigenvalue weighted by Gasteiger charge is 2.19. The summed E-state index contributed by atoms with van der Waals surface area (Å²) in [6, 6.07) is 6.15. The monoisotopic (exact) mass is 319 g/mol. The van der Waals surface area contributed by atoms with Gasteiger partial charge in [0.1, 0.15) is 0 Å². The molecule has 94 valence electrons. The Morgan fingerprint density at radius 2 is 2.18 bits per heavy atom. The Hall–Kier alpha value is -0.590. The summed E-state index contributed by atoms with van der Waals surface area (Å²) in [5, 5.41) is 0. The Bertz CT molecular complexity index is 515. The van der Waals surface area contributed by atoms with E-state index in [1.807, 2.05) is 6.07 Å². The molecule has 0 saturated carbocycles. The van der Waals surface area contributed by atoms with Crippen LogP contribution in [0.3, 0.4) is 0 Å². The number of benzene rings is 1. The third-order valence-electron chi connectivity index (χ3n) is 2.87. The predicted octanol–water partition coefficient (Wildman–Crippen LogP) is 2.09. The second-order valence-corrected chi connectivity index (χ2v) is 6.64. The van der Waals surface area contributed by atoms with Gasteiger partial charge in [-0.1, -0.05) is 22.0 Å². The topological polar surface area (TPSA) is 57.6 Å². The summed E-state index contributed by atoms with van der Waals surface area (Å²) in [5.74, 6) is -0.174. The molecular weight excluding hydrogens is 306 g/mol. The van der Waals surface area contributed by atoms with Gasteiger partial charge < -0.3 is 4.90 Å². The second-order valence-electron chi connectivity index (χ2n) is 4.15. The van der Waals surface area contributed by atoms with Crippen LogP contribution < -0.4 is 4.90 Å². The molecule has 1 aromatic carbocycles. The fourth-order valence-corrected chi connectivity index (χ4v) is 2.93. The maximum atomic E-state index is 10.6. The molecule has 0 amide bonds. The fraction of sp³-hybridized carbons (Fsp3) is 0.455. The Morgan fingerprint density at radius 1 is 1.41 bits per heavy atom. The zero-order valence-corrected chi connectivity index (χ0v) is 11.7. The fourth-order valence-electron chi connectivity index (χ4n) is 2.09. The standard InChI is InChI=1S/C11H14BrNO3S/c12-10-3-2-9-4-6-13(11(9)8-10)5-1-7-17(14,15)16/h2-3,8H,1,4-7H2,(H,14,15,16). The Labute approximate surface area is 110 Å². The summed E-state index contributed by atoms with van der Waals surface area (Å²) in [6.45, 7) is 1.57. The van der Waals surface area contributed by atoms with E-state index in [1.165, 1.54) is 5.56 Å². The molecule has 0 aliphatic carbocycles. The van der Waals surface area contributed by atoms with Gasteiger partial charge in [-0.2, -0.15) is 8.42 Å². The number of halogens is 1. The SMILES string of the molecule is O=S(=O)(O)CCCN1CCc2ccc(Br)cc21. The first-order chi connectivity index (χ1) is 7.96. The second kappa shape index (κ2) is 4.96. The van der Waals surface area contributed by atoms with E-state index in [0.717, 1.165) is 23.1 Å². The Balaban J connectivity index is 2.00. The van der Waals surface area contributed by atoms with Crippen molar-refractivity contribution in [1.29, 1.82) is 0 Å². The lowest BCUT2D eigenvalue weighted by molar-refractivity contribution is 0.481. The van der Waals surface area contributed by atoms with Crippen LogP contribution in [0.5, 0.6) is 0 Å². The smallest absolute Gasteiger partial charge is 0.264 e. The van der Waals surface area contributed by atoms with Gasteiger partial charge in [-0.15, -0.1) is 0 Å². The normalized spacial score (nSPS) is 15.1. The van der Waals surface area contributed by atoms with Crippen LogP contribution in [-0.4, -0.2) is 31.8 Å². The molecule has 2 rings (SSSR count). The number of nitrogens with zero attached hydrogens (tertiary/aromatic N) is 1. The van der Waals surface area contributed by atoms with E-state index in [4.69, 9.17) is 4.55 Å². The molecule has 0 radical (unpaired) electrons. The summed E-state index contributed by atoms with van der Waals surface area (Å²) >= 11 is 3.43. The average molecular weight is 320 g/mol. The quantitative estimate of drug-likeness (QED) is 0.863. The molecule has 0 saturated heterocycles. The minimum Gasteiger partial charge on any atom is -0.371 e. The van der Waals surface area contributed by atoms with Crippen molar-refractivity contribution in [1.82, 2.24) is 0 Å². The first-order valence-electron chi connectivity index (χ1n) is 5.44. The minimum atomic E-state index is -3.84. The van der Waals surface area contributed by atoms with Crippen molar-refractivity contribution in [3.8, 4) is 0 Å². The number of anilines is 1. The Kier molecular flexibility index (Phi) is 3.75. The van der Waals surface area contributed by atoms with E-state index in [0.29, 0.717) is 13.0 Å². The molecule has 0 bridgehead atoms. The van der Waals surface area contributed by atoms with Gasteiger partial charge in [-0.25, -0.2) is 0 Å². The number of hydrogen-bond acceptors (Lipinski definition) is 3. The molecule has 1 N–H and O–H groups in total. The summed E-state index contributed by atoms with van der Waals surface area (Å²) in [6.07, 6.45) is 1.44. The van der Waals surface area contributed by atoms with Gasteiger partial charge in [0.2, 0.25) is 0 Å². The minimum absolute atomic E-state index is 0.174. The van der Waals surface area contributed by atoms with Crippen LogP contribution in [0.1, 0.15) is 12.0 Å². The van der Waals surface area contributed by atoms with Crippen LogP contribution in [0.4, 0.5) is 5.69 Å². The van der Waals surface area contributed by atoms with Crippen LogP contribution in [-0.2, 0) is 16.5 Å². The van der Waals surface area contributed by atoms with E-state index >= 15 is 0 Å². The highest BCUT2D eigenvalue weighted by atomic mass is 79.9. The lowest BCUT2D eigenvalue weighted by Crippen LogP contribution is -2.23. The molecule has 1 heterocycles. The number of fused-ring (bicyclic) bond motifs is 1. The molecule has 6 heteroatoms. The van der Waals surface area contributed by atoms with E-state index < -0.39 is 10.1 Å². The van der Waals surface area contributed by atoms with E-state index in [9.17, 15) is 8.42 Å². The van der Waals surface area contributed by atoms with Gasteiger partial charge >= 0.3 is 0 Å². The van der Waals surface area contributed by atoms with E-state index in [2.05, 4.69) is 33.0 Å². The summed E-state index contributed by atoms with van der Waals surface area (Å²) < 4.78 is 31.0. The van der Waals surface area contributed by atoms with Crippen LogP contribution in [0.25, 0.3) is 0 Å². The molecule has 0 unspecified atom stereocenters. The molecule has 1 aliphatic heterocycles. The zero-order valence-electron chi connectivity index (χ0n) is 9.26. The first-order valence-corrected chi connectivity index (χ1v) is 7.84. The summed E-state index contributed by atoms with van der Waals surface area (Å²) in [4.78, 5) is 2.16.